The Balaban J connectivity index is 1.51. The van der Waals surface area contributed by atoms with Gasteiger partial charge in [-0.3, -0.25) is 14.5 Å². The highest BCUT2D eigenvalue weighted by molar-refractivity contribution is 9.10. The molecule has 24 heavy (non-hydrogen) atoms. The highest BCUT2D eigenvalue weighted by Crippen LogP contribution is 2.33. The minimum Gasteiger partial charge on any atom is -0.342 e. The van der Waals surface area contributed by atoms with Crippen LogP contribution in [0, 0.1) is 16.6 Å². The molecule has 2 heterocycles. The predicted molar refractivity (Wildman–Crippen MR) is 98.0 cm³/mol. The van der Waals surface area contributed by atoms with Crippen molar-refractivity contribution in [1.29, 1.82) is 0 Å². The molecule has 1 saturated carbocycles. The number of carbonyl (C=O) groups is 1. The molecular formula is C17H19BrN4OS. The van der Waals surface area contributed by atoms with Crippen LogP contribution in [-0.2, 0) is 11.3 Å². The largest absolute Gasteiger partial charge is 0.342 e. The molecule has 5 nitrogen and oxygen atoms in total. The average molecular weight is 407 g/mol. The van der Waals surface area contributed by atoms with Crippen LogP contribution in [0.25, 0.3) is 11.4 Å². The van der Waals surface area contributed by atoms with Gasteiger partial charge in [0.1, 0.15) is 0 Å². The molecule has 1 aliphatic carbocycles. The second-order valence-corrected chi connectivity index (χ2v) is 7.99. The van der Waals surface area contributed by atoms with Gasteiger partial charge in [-0.1, -0.05) is 28.1 Å². The number of aromatic amines is 1. The molecule has 2 aliphatic rings. The summed E-state index contributed by atoms with van der Waals surface area (Å²) in [4.78, 5) is 14.3. The minimum absolute atomic E-state index is 0.304. The molecule has 2 fully saturated rings. The number of hydrogen-bond donors (Lipinski definition) is 1. The van der Waals surface area contributed by atoms with E-state index in [9.17, 15) is 4.79 Å². The zero-order chi connectivity index (χ0) is 16.7. The lowest BCUT2D eigenvalue weighted by molar-refractivity contribution is -0.131. The van der Waals surface area contributed by atoms with Gasteiger partial charge in [0.2, 0.25) is 5.91 Å². The first-order valence-electron chi connectivity index (χ1n) is 8.32. The van der Waals surface area contributed by atoms with Gasteiger partial charge in [-0.2, -0.15) is 5.10 Å². The molecule has 7 heteroatoms. The first kappa shape index (κ1) is 16.0. The highest BCUT2D eigenvalue weighted by atomic mass is 79.9. The van der Waals surface area contributed by atoms with Gasteiger partial charge in [0.25, 0.3) is 0 Å². The monoisotopic (exact) mass is 406 g/mol. The summed E-state index contributed by atoms with van der Waals surface area (Å²) >= 11 is 8.88. The Kier molecular flexibility index (Phi) is 4.30. The van der Waals surface area contributed by atoms with Crippen LogP contribution >= 0.6 is 28.1 Å². The SMILES string of the molecule is O=C(C1CC1)N1CC[C@@H](Cn2c(-c3ccc(Br)cc3)n[nH]c2=S)C1. The molecule has 1 amide bonds. The quantitative estimate of drug-likeness (QED) is 0.788. The van der Waals surface area contributed by atoms with Crippen molar-refractivity contribution in [2.24, 2.45) is 11.8 Å². The van der Waals surface area contributed by atoms with E-state index in [2.05, 4.69) is 30.7 Å². The summed E-state index contributed by atoms with van der Waals surface area (Å²) < 4.78 is 3.74. The second-order valence-electron chi connectivity index (χ2n) is 6.68. The van der Waals surface area contributed by atoms with Gasteiger partial charge in [0.05, 0.1) is 0 Å². The van der Waals surface area contributed by atoms with E-state index < -0.39 is 0 Å². The molecule has 126 valence electrons. The molecule has 1 aromatic heterocycles. The lowest BCUT2D eigenvalue weighted by Crippen LogP contribution is -2.30. The van der Waals surface area contributed by atoms with E-state index in [0.29, 0.717) is 22.5 Å². The van der Waals surface area contributed by atoms with Crippen LogP contribution in [0.2, 0.25) is 0 Å². The van der Waals surface area contributed by atoms with Crippen molar-refractivity contribution < 1.29 is 4.79 Å². The van der Waals surface area contributed by atoms with Crippen molar-refractivity contribution in [2.45, 2.75) is 25.8 Å². The van der Waals surface area contributed by atoms with Gasteiger partial charge in [-0.15, -0.1) is 0 Å². The third kappa shape index (κ3) is 3.19. The molecule has 4 rings (SSSR count). The number of hydrogen-bond acceptors (Lipinski definition) is 3. The van der Waals surface area contributed by atoms with E-state index in [4.69, 9.17) is 12.2 Å². The van der Waals surface area contributed by atoms with Crippen molar-refractivity contribution in [1.82, 2.24) is 19.7 Å². The molecule has 0 radical (unpaired) electrons. The van der Waals surface area contributed by atoms with Crippen molar-refractivity contribution in [3.8, 4) is 11.4 Å². The Morgan fingerprint density at radius 2 is 2.04 bits per heavy atom. The number of aromatic nitrogens is 3. The van der Waals surface area contributed by atoms with Gasteiger partial charge in [-0.25, -0.2) is 0 Å². The van der Waals surface area contributed by atoms with E-state index in [1.54, 1.807) is 0 Å². The molecule has 2 aromatic rings. The number of halogens is 1. The van der Waals surface area contributed by atoms with Crippen LogP contribution in [-0.4, -0.2) is 38.7 Å². The van der Waals surface area contributed by atoms with Crippen molar-refractivity contribution in [3.63, 3.8) is 0 Å². The molecule has 1 aromatic carbocycles. The smallest absolute Gasteiger partial charge is 0.225 e. The van der Waals surface area contributed by atoms with Gasteiger partial charge in [0, 0.05) is 35.6 Å². The Labute approximate surface area is 154 Å². The Hall–Kier alpha value is -1.47. The number of amides is 1. The fourth-order valence-corrected chi connectivity index (χ4v) is 3.81. The average Bonchev–Trinajstić information content (AvgIpc) is 3.23. The normalized spacial score (nSPS) is 20.5. The van der Waals surface area contributed by atoms with Gasteiger partial charge >= 0.3 is 0 Å². The molecule has 0 unspecified atom stereocenters. The third-order valence-corrected chi connectivity index (χ3v) is 5.67. The molecule has 0 spiro atoms. The first-order valence-corrected chi connectivity index (χ1v) is 9.52. The number of likely N-dealkylation sites (tertiary alicyclic amines) is 1. The Morgan fingerprint density at radius 3 is 2.75 bits per heavy atom. The van der Waals surface area contributed by atoms with Crippen LogP contribution in [0.15, 0.2) is 28.7 Å². The van der Waals surface area contributed by atoms with Crippen LogP contribution in [0.3, 0.4) is 0 Å². The standard InChI is InChI=1S/C17H19BrN4OS/c18-14-5-3-12(4-6-14)15-19-20-17(24)22(15)10-11-7-8-21(9-11)16(23)13-1-2-13/h3-6,11,13H,1-2,7-10H2,(H,20,24)/t11-/m1/s1. The predicted octanol–water partition coefficient (Wildman–Crippen LogP) is 3.63. The number of rotatable bonds is 4. The van der Waals surface area contributed by atoms with Crippen molar-refractivity contribution in [2.75, 3.05) is 13.1 Å². The molecular weight excluding hydrogens is 388 g/mol. The third-order valence-electron chi connectivity index (χ3n) is 4.83. The summed E-state index contributed by atoms with van der Waals surface area (Å²) in [6.07, 6.45) is 3.17. The number of H-pyrrole nitrogens is 1. The van der Waals surface area contributed by atoms with Gasteiger partial charge in [0.15, 0.2) is 10.6 Å². The topological polar surface area (TPSA) is 53.9 Å². The Morgan fingerprint density at radius 1 is 1.29 bits per heavy atom. The van der Waals surface area contributed by atoms with E-state index in [0.717, 1.165) is 54.8 Å². The summed E-state index contributed by atoms with van der Waals surface area (Å²) in [7, 11) is 0. The molecule has 1 aliphatic heterocycles. The fraction of sp³-hybridized carbons (Fsp3) is 0.471. The summed E-state index contributed by atoms with van der Waals surface area (Å²) in [6.45, 7) is 2.51. The van der Waals surface area contributed by atoms with Crippen molar-refractivity contribution in [3.05, 3.63) is 33.5 Å². The summed E-state index contributed by atoms with van der Waals surface area (Å²) in [5, 5.41) is 7.31. The van der Waals surface area contributed by atoms with Gasteiger partial charge in [-0.05, 0) is 49.5 Å². The van der Waals surface area contributed by atoms with Crippen LogP contribution in [0.5, 0.6) is 0 Å². The molecule has 1 N–H and O–H groups in total. The van der Waals surface area contributed by atoms with E-state index >= 15 is 0 Å². The molecule has 1 saturated heterocycles. The maximum atomic E-state index is 12.2. The maximum absolute atomic E-state index is 12.2. The van der Waals surface area contributed by atoms with Crippen LogP contribution in [0.4, 0.5) is 0 Å². The molecule has 0 bridgehead atoms. The zero-order valence-corrected chi connectivity index (χ0v) is 15.6. The summed E-state index contributed by atoms with van der Waals surface area (Å²) in [6, 6.07) is 8.07. The first-order chi connectivity index (χ1) is 11.6. The second kappa shape index (κ2) is 6.44. The number of carbonyl (C=O) groups excluding carboxylic acids is 1. The van der Waals surface area contributed by atoms with E-state index in [1.165, 1.54) is 0 Å². The van der Waals surface area contributed by atoms with Crippen LogP contribution in [0.1, 0.15) is 19.3 Å². The summed E-state index contributed by atoms with van der Waals surface area (Å²) in [5.74, 6) is 1.95. The number of nitrogens with one attached hydrogen (secondary N) is 1. The van der Waals surface area contributed by atoms with Gasteiger partial charge < -0.3 is 4.90 Å². The lowest BCUT2D eigenvalue weighted by Gasteiger charge is -2.17. The molecule has 1 atom stereocenters. The highest BCUT2D eigenvalue weighted by Gasteiger charge is 2.36. The van der Waals surface area contributed by atoms with Crippen LogP contribution < -0.4 is 0 Å². The zero-order valence-electron chi connectivity index (χ0n) is 13.2. The number of nitrogens with zero attached hydrogens (tertiary/aromatic N) is 3. The van der Waals surface area contributed by atoms with E-state index in [1.807, 2.05) is 29.2 Å². The Bertz CT molecular complexity index is 809. The van der Waals surface area contributed by atoms with E-state index in [-0.39, 0.29) is 0 Å². The van der Waals surface area contributed by atoms with Crippen molar-refractivity contribution >= 4 is 34.1 Å². The minimum atomic E-state index is 0.304. The number of benzene rings is 1. The lowest BCUT2D eigenvalue weighted by atomic mass is 10.1. The fourth-order valence-electron chi connectivity index (χ4n) is 3.33. The summed E-state index contributed by atoms with van der Waals surface area (Å²) in [5.41, 5.74) is 1.04. The maximum Gasteiger partial charge on any atom is 0.225 e.